The maximum absolute atomic E-state index is 12.5. The topological polar surface area (TPSA) is 81.5 Å². The predicted octanol–water partition coefficient (Wildman–Crippen LogP) is 2.76. The lowest BCUT2D eigenvalue weighted by molar-refractivity contribution is -0.124. The number of fused-ring (bicyclic) bond motifs is 1. The number of piperidine rings is 1. The van der Waals surface area contributed by atoms with Crippen molar-refractivity contribution in [1.82, 2.24) is 20.1 Å². The van der Waals surface area contributed by atoms with Crippen LogP contribution in [0.25, 0.3) is 11.0 Å². The molecule has 0 radical (unpaired) electrons. The molecule has 1 aliphatic rings. The molecular weight excluding hydrogens is 394 g/mol. The van der Waals surface area contributed by atoms with Crippen LogP contribution in [0.5, 0.6) is 11.6 Å². The van der Waals surface area contributed by atoms with Crippen LogP contribution in [-0.4, -0.2) is 53.5 Å². The molecule has 3 aromatic rings. The molecule has 164 valence electrons. The van der Waals surface area contributed by atoms with E-state index in [0.717, 1.165) is 54.0 Å². The Morgan fingerprint density at radius 1 is 1.19 bits per heavy atom. The van der Waals surface area contributed by atoms with Gasteiger partial charge in [-0.05, 0) is 62.6 Å². The van der Waals surface area contributed by atoms with Gasteiger partial charge in [-0.2, -0.15) is 0 Å². The van der Waals surface area contributed by atoms with E-state index in [0.29, 0.717) is 5.88 Å². The molecule has 3 heterocycles. The van der Waals surface area contributed by atoms with Crippen molar-refractivity contribution in [3.8, 4) is 11.6 Å². The van der Waals surface area contributed by atoms with E-state index in [9.17, 15) is 4.79 Å². The van der Waals surface area contributed by atoms with E-state index in [4.69, 9.17) is 9.47 Å². The summed E-state index contributed by atoms with van der Waals surface area (Å²) < 4.78 is 12.7. The SMILES string of the molecule is COc1ccc(N2CCC(NC(=O)COc3nn(C)c4nc(C)cc(C)c34)CC2)cc1. The summed E-state index contributed by atoms with van der Waals surface area (Å²) in [6, 6.07) is 10.2. The first-order valence-corrected chi connectivity index (χ1v) is 10.6. The smallest absolute Gasteiger partial charge is 0.258 e. The maximum Gasteiger partial charge on any atom is 0.258 e. The van der Waals surface area contributed by atoms with Gasteiger partial charge in [-0.1, -0.05) is 0 Å². The monoisotopic (exact) mass is 423 g/mol. The van der Waals surface area contributed by atoms with Gasteiger partial charge in [0, 0.05) is 37.6 Å². The van der Waals surface area contributed by atoms with Crippen LogP contribution in [0.2, 0.25) is 0 Å². The number of aromatic nitrogens is 3. The molecule has 8 heteroatoms. The summed E-state index contributed by atoms with van der Waals surface area (Å²) in [5.74, 6) is 1.18. The molecule has 0 spiro atoms. The summed E-state index contributed by atoms with van der Waals surface area (Å²) >= 11 is 0. The molecule has 1 saturated heterocycles. The lowest BCUT2D eigenvalue weighted by atomic mass is 10.0. The third-order valence-corrected chi connectivity index (χ3v) is 5.72. The van der Waals surface area contributed by atoms with Crippen LogP contribution in [0, 0.1) is 13.8 Å². The number of pyridine rings is 1. The van der Waals surface area contributed by atoms with Gasteiger partial charge < -0.3 is 19.7 Å². The fourth-order valence-corrected chi connectivity index (χ4v) is 4.13. The zero-order valence-electron chi connectivity index (χ0n) is 18.5. The number of methoxy groups -OCH3 is 1. The Labute approximate surface area is 182 Å². The van der Waals surface area contributed by atoms with Crippen molar-refractivity contribution in [2.45, 2.75) is 32.7 Å². The largest absolute Gasteiger partial charge is 0.497 e. The number of benzene rings is 1. The molecule has 1 aliphatic heterocycles. The van der Waals surface area contributed by atoms with Gasteiger partial charge in [0.25, 0.3) is 5.91 Å². The number of hydrogen-bond donors (Lipinski definition) is 1. The van der Waals surface area contributed by atoms with E-state index in [1.54, 1.807) is 11.8 Å². The molecule has 1 amide bonds. The van der Waals surface area contributed by atoms with Crippen LogP contribution in [0.4, 0.5) is 5.69 Å². The number of anilines is 1. The summed E-state index contributed by atoms with van der Waals surface area (Å²) in [6.45, 7) is 5.69. The quantitative estimate of drug-likeness (QED) is 0.657. The van der Waals surface area contributed by atoms with Gasteiger partial charge in [0.15, 0.2) is 12.3 Å². The van der Waals surface area contributed by atoms with Crippen molar-refractivity contribution < 1.29 is 14.3 Å². The Morgan fingerprint density at radius 3 is 2.58 bits per heavy atom. The fraction of sp³-hybridized carbons (Fsp3) is 0.435. The molecule has 4 rings (SSSR count). The van der Waals surface area contributed by atoms with Gasteiger partial charge in [0.2, 0.25) is 5.88 Å². The van der Waals surface area contributed by atoms with Crippen LogP contribution >= 0.6 is 0 Å². The standard InChI is InChI=1S/C23H29N5O3/c1-15-13-16(2)24-22-21(15)23(26-27(22)3)31-14-20(29)25-17-9-11-28(12-10-17)18-5-7-19(30-4)8-6-18/h5-8,13,17H,9-12,14H2,1-4H3,(H,25,29). The number of amides is 1. The third kappa shape index (κ3) is 4.57. The van der Waals surface area contributed by atoms with E-state index in [1.165, 1.54) is 5.69 Å². The van der Waals surface area contributed by atoms with Gasteiger partial charge in [-0.3, -0.25) is 4.79 Å². The van der Waals surface area contributed by atoms with Crippen molar-refractivity contribution >= 4 is 22.6 Å². The van der Waals surface area contributed by atoms with Crippen LogP contribution in [0.1, 0.15) is 24.1 Å². The molecule has 0 saturated carbocycles. The summed E-state index contributed by atoms with van der Waals surface area (Å²) in [5, 5.41) is 8.36. The minimum absolute atomic E-state index is 0.0574. The molecule has 0 atom stereocenters. The zero-order valence-corrected chi connectivity index (χ0v) is 18.5. The van der Waals surface area contributed by atoms with Gasteiger partial charge in [-0.25, -0.2) is 9.67 Å². The zero-order chi connectivity index (χ0) is 22.0. The van der Waals surface area contributed by atoms with E-state index in [2.05, 4.69) is 32.4 Å². The average Bonchev–Trinajstić information content (AvgIpc) is 3.08. The van der Waals surface area contributed by atoms with Gasteiger partial charge in [0.05, 0.1) is 12.5 Å². The normalized spacial score (nSPS) is 14.6. The second-order valence-corrected chi connectivity index (χ2v) is 8.02. The molecule has 0 unspecified atom stereocenters. The van der Waals surface area contributed by atoms with Crippen molar-refractivity contribution in [1.29, 1.82) is 0 Å². The Bertz CT molecular complexity index is 1070. The third-order valence-electron chi connectivity index (χ3n) is 5.72. The van der Waals surface area contributed by atoms with Gasteiger partial charge >= 0.3 is 0 Å². The highest BCUT2D eigenvalue weighted by Crippen LogP contribution is 2.27. The highest BCUT2D eigenvalue weighted by molar-refractivity contribution is 5.85. The molecule has 8 nitrogen and oxygen atoms in total. The van der Waals surface area contributed by atoms with Crippen molar-refractivity contribution in [2.24, 2.45) is 7.05 Å². The number of carbonyl (C=O) groups excluding carboxylic acids is 1. The van der Waals surface area contributed by atoms with Crippen LogP contribution < -0.4 is 19.7 Å². The molecule has 0 aliphatic carbocycles. The summed E-state index contributed by atoms with van der Waals surface area (Å²) in [7, 11) is 3.50. The Balaban J connectivity index is 1.30. The van der Waals surface area contributed by atoms with Crippen molar-refractivity contribution in [3.05, 3.63) is 41.6 Å². The number of aryl methyl sites for hydroxylation is 3. The lowest BCUT2D eigenvalue weighted by Gasteiger charge is -2.34. The van der Waals surface area contributed by atoms with E-state index in [1.807, 2.05) is 39.1 Å². The molecule has 1 fully saturated rings. The van der Waals surface area contributed by atoms with E-state index in [-0.39, 0.29) is 18.6 Å². The summed E-state index contributed by atoms with van der Waals surface area (Å²) in [6.07, 6.45) is 1.79. The Hall–Kier alpha value is -3.29. The second-order valence-electron chi connectivity index (χ2n) is 8.02. The van der Waals surface area contributed by atoms with Gasteiger partial charge in [0.1, 0.15) is 5.75 Å². The molecule has 2 aromatic heterocycles. The van der Waals surface area contributed by atoms with E-state index >= 15 is 0 Å². The summed E-state index contributed by atoms with van der Waals surface area (Å²) in [4.78, 5) is 19.3. The lowest BCUT2D eigenvalue weighted by Crippen LogP contribution is -2.46. The Morgan fingerprint density at radius 2 is 1.90 bits per heavy atom. The first kappa shape index (κ1) is 21.0. The van der Waals surface area contributed by atoms with Crippen molar-refractivity contribution in [2.75, 3.05) is 31.7 Å². The number of nitrogens with one attached hydrogen (secondary N) is 1. The maximum atomic E-state index is 12.5. The molecule has 31 heavy (non-hydrogen) atoms. The number of nitrogens with zero attached hydrogens (tertiary/aromatic N) is 4. The second kappa shape index (κ2) is 8.83. The first-order chi connectivity index (χ1) is 14.9. The van der Waals surface area contributed by atoms with Crippen LogP contribution in [0.3, 0.4) is 0 Å². The predicted molar refractivity (Wildman–Crippen MR) is 120 cm³/mol. The molecule has 1 N–H and O–H groups in total. The van der Waals surface area contributed by atoms with Crippen molar-refractivity contribution in [3.63, 3.8) is 0 Å². The fourth-order valence-electron chi connectivity index (χ4n) is 4.13. The highest BCUT2D eigenvalue weighted by atomic mass is 16.5. The number of carbonyl (C=O) groups is 1. The minimum Gasteiger partial charge on any atom is -0.497 e. The Kier molecular flexibility index (Phi) is 5.97. The van der Waals surface area contributed by atoms with Crippen LogP contribution in [0.15, 0.2) is 30.3 Å². The molecular formula is C23H29N5O3. The van der Waals surface area contributed by atoms with Gasteiger partial charge in [-0.15, -0.1) is 5.10 Å². The highest BCUT2D eigenvalue weighted by Gasteiger charge is 2.22. The first-order valence-electron chi connectivity index (χ1n) is 10.6. The van der Waals surface area contributed by atoms with Crippen LogP contribution in [-0.2, 0) is 11.8 Å². The van der Waals surface area contributed by atoms with E-state index < -0.39 is 0 Å². The number of hydrogen-bond acceptors (Lipinski definition) is 6. The minimum atomic E-state index is -0.126. The molecule has 0 bridgehead atoms. The average molecular weight is 424 g/mol. The molecule has 1 aromatic carbocycles. The summed E-state index contributed by atoms with van der Waals surface area (Å²) in [5.41, 5.74) is 3.91. The number of ether oxygens (including phenoxy) is 2. The number of rotatable bonds is 6.